The van der Waals surface area contributed by atoms with Crippen LogP contribution in [0.15, 0.2) is 102 Å². The van der Waals surface area contributed by atoms with Gasteiger partial charge in [-0.1, -0.05) is 80.6 Å². The predicted molar refractivity (Wildman–Crippen MR) is 231 cm³/mol. The van der Waals surface area contributed by atoms with Gasteiger partial charge in [0, 0.05) is 44.7 Å². The molecule has 350 valence electrons. The van der Waals surface area contributed by atoms with Crippen molar-refractivity contribution in [2.45, 2.75) is 108 Å². The molecular weight excluding hydrogens is 857 g/mol. The van der Waals surface area contributed by atoms with Crippen LogP contribution in [0.25, 0.3) is 0 Å². The molecule has 0 spiro atoms. The number of aliphatic hydroxyl groups is 2. The van der Waals surface area contributed by atoms with Crippen molar-refractivity contribution < 1.29 is 72.2 Å². The summed E-state index contributed by atoms with van der Waals surface area (Å²) >= 11 is 0. The van der Waals surface area contributed by atoms with Gasteiger partial charge in [-0.15, -0.1) is 0 Å². The van der Waals surface area contributed by atoms with Gasteiger partial charge in [0.1, 0.15) is 30.0 Å². The zero-order chi connectivity index (χ0) is 47.9. The van der Waals surface area contributed by atoms with Gasteiger partial charge in [0.05, 0.1) is 29.5 Å². The Bertz CT molecular complexity index is 2430. The summed E-state index contributed by atoms with van der Waals surface area (Å²) in [5.41, 5.74) is -7.35. The average molecular weight is 911 g/mol. The largest absolute Gasteiger partial charge is 0.456 e. The van der Waals surface area contributed by atoms with E-state index in [1.54, 1.807) is 92.7 Å². The molecule has 0 radical (unpaired) electrons. The summed E-state index contributed by atoms with van der Waals surface area (Å²) < 4.78 is 36.6. The highest BCUT2D eigenvalue weighted by atomic mass is 16.6. The van der Waals surface area contributed by atoms with Gasteiger partial charge in [0.2, 0.25) is 0 Å². The number of aliphatic hydroxyl groups excluding tert-OH is 1. The lowest BCUT2D eigenvalue weighted by Gasteiger charge is -2.67. The van der Waals surface area contributed by atoms with E-state index in [0.717, 1.165) is 13.8 Å². The fraction of sp³-hybridized carbons (Fsp3) is 0.449. The van der Waals surface area contributed by atoms with Crippen molar-refractivity contribution in [1.82, 2.24) is 10.6 Å². The van der Waals surface area contributed by atoms with E-state index in [0.29, 0.717) is 5.56 Å². The number of alkyl carbamates (subject to hydrolysis) is 1. The second-order valence-electron chi connectivity index (χ2n) is 18.0. The molecule has 1 saturated heterocycles. The predicted octanol–water partition coefficient (Wildman–Crippen LogP) is 4.10. The van der Waals surface area contributed by atoms with Gasteiger partial charge >= 0.3 is 30.0 Å². The molecule has 2 saturated carbocycles. The fourth-order valence-corrected chi connectivity index (χ4v) is 10.5. The molecule has 3 aromatic carbocycles. The Kier molecular flexibility index (Phi) is 13.0. The summed E-state index contributed by atoms with van der Waals surface area (Å²) in [6.07, 6.45) is -11.6. The number of nitrogens with one attached hydrogen (secondary N) is 2. The van der Waals surface area contributed by atoms with Crippen molar-refractivity contribution >= 4 is 41.7 Å². The molecular formula is C49H54N2O15. The van der Waals surface area contributed by atoms with Crippen LogP contribution in [0.1, 0.15) is 86.7 Å². The Morgan fingerprint density at radius 2 is 1.39 bits per heavy atom. The normalized spacial score (nSPS) is 30.5. The third-order valence-corrected chi connectivity index (χ3v) is 13.9. The minimum Gasteiger partial charge on any atom is -0.456 e. The van der Waals surface area contributed by atoms with E-state index in [1.165, 1.54) is 33.0 Å². The van der Waals surface area contributed by atoms with Gasteiger partial charge in [-0.25, -0.2) is 14.4 Å². The monoisotopic (exact) mass is 910 g/mol. The maximum atomic E-state index is 15.9. The van der Waals surface area contributed by atoms with E-state index < -0.39 is 119 Å². The van der Waals surface area contributed by atoms with Crippen LogP contribution in [-0.2, 0) is 47.6 Å². The lowest BCUT2D eigenvalue weighted by Crippen LogP contribution is -2.82. The Balaban J connectivity index is 1.42. The first-order chi connectivity index (χ1) is 31.2. The van der Waals surface area contributed by atoms with Crippen molar-refractivity contribution in [3.63, 3.8) is 0 Å². The molecule has 2 amide bonds. The Hall–Kier alpha value is -6.43. The summed E-state index contributed by atoms with van der Waals surface area (Å²) in [6, 6.07) is 22.8. The first-order valence-corrected chi connectivity index (χ1v) is 21.6. The standard InChI is InChI=1S/C49H54N2O15/c1-26-32(63-44(58)37(54)36(29-17-11-8-12-18-29)51-42(56)30-19-13-9-14-20-30)24-49(60)41(65-43(57)31-21-15-10-16-22-31)39-47(6,40(55)38(62-27(2)52)35(26)46(49,4)5)33(64-45(59)50-7)23-34-48(39,25-61-34)66-28(3)53/h8-22,32-34,36-39,41,54,60H,23-25H2,1-7H3,(H,50,59)(H,51,56)/t32-,33-,34+,36-,37+,38+,39-,41-,47?,48-,49+/m0/s1. The number of ether oxygens (including phenoxy) is 6. The van der Waals surface area contributed by atoms with E-state index in [9.17, 15) is 39.0 Å². The number of rotatable bonds is 11. The minimum absolute atomic E-state index is 0.0339. The fourth-order valence-electron chi connectivity index (χ4n) is 10.5. The SMILES string of the molecule is CNC(=O)O[C@H]1C[C@H]2OC[C@@]2(OC(C)=O)[C@H]2[C@H](OC(=O)c3ccccc3)[C@]3(O)C[C@H](OC(=O)[C@H](O)[C@@H](NC(=O)c4ccccc4)c4ccccc4)C(C)=C([C@@H](OC(C)=O)C(=O)C12C)C3(C)C. The van der Waals surface area contributed by atoms with Gasteiger partial charge in [-0.05, 0) is 54.8 Å². The minimum atomic E-state index is -2.45. The first-order valence-electron chi connectivity index (χ1n) is 21.6. The number of hydrogen-bond donors (Lipinski definition) is 4. The van der Waals surface area contributed by atoms with E-state index in [-0.39, 0.29) is 35.3 Å². The third-order valence-electron chi connectivity index (χ3n) is 13.9. The van der Waals surface area contributed by atoms with Crippen LogP contribution in [0.3, 0.4) is 0 Å². The molecule has 17 heteroatoms. The maximum absolute atomic E-state index is 15.9. The highest BCUT2D eigenvalue weighted by molar-refractivity contribution is 5.96. The quantitative estimate of drug-likeness (QED) is 0.120. The highest BCUT2D eigenvalue weighted by Gasteiger charge is 2.79. The molecule has 1 unspecified atom stereocenters. The van der Waals surface area contributed by atoms with Crippen molar-refractivity contribution in [2.24, 2.45) is 16.7 Å². The number of amides is 2. The molecule has 2 bridgehead atoms. The average Bonchev–Trinajstić information content (AvgIpc) is 3.28. The van der Waals surface area contributed by atoms with Crippen LogP contribution < -0.4 is 10.6 Å². The molecule has 1 heterocycles. The number of ketones is 1. The number of esters is 4. The summed E-state index contributed by atoms with van der Waals surface area (Å²) in [5, 5.41) is 30.8. The van der Waals surface area contributed by atoms with Crippen LogP contribution in [0, 0.1) is 16.7 Å². The van der Waals surface area contributed by atoms with Gasteiger partial charge in [-0.2, -0.15) is 0 Å². The van der Waals surface area contributed by atoms with Gasteiger partial charge < -0.3 is 49.3 Å². The van der Waals surface area contributed by atoms with Crippen molar-refractivity contribution in [3.8, 4) is 0 Å². The summed E-state index contributed by atoms with van der Waals surface area (Å²) in [6.45, 7) is 7.89. The van der Waals surface area contributed by atoms with Crippen molar-refractivity contribution in [1.29, 1.82) is 0 Å². The lowest BCUT2D eigenvalue weighted by atomic mass is 9.44. The molecule has 0 aromatic heterocycles. The summed E-state index contributed by atoms with van der Waals surface area (Å²) in [4.78, 5) is 97.7. The summed E-state index contributed by atoms with van der Waals surface area (Å²) in [7, 11) is 1.31. The van der Waals surface area contributed by atoms with E-state index >= 15 is 4.79 Å². The second kappa shape index (κ2) is 18.1. The van der Waals surface area contributed by atoms with Crippen molar-refractivity contribution in [3.05, 3.63) is 119 Å². The number of carbonyl (C=O) groups excluding carboxylic acids is 7. The molecule has 11 atom stereocenters. The first kappa shape index (κ1) is 47.5. The van der Waals surface area contributed by atoms with E-state index in [1.807, 2.05) is 0 Å². The number of fused-ring (bicyclic) bond motifs is 5. The second-order valence-corrected chi connectivity index (χ2v) is 18.0. The lowest BCUT2D eigenvalue weighted by molar-refractivity contribution is -0.345. The van der Waals surface area contributed by atoms with E-state index in [4.69, 9.17) is 28.4 Å². The molecule has 1 aliphatic heterocycles. The van der Waals surface area contributed by atoms with Crippen LogP contribution in [0.4, 0.5) is 4.79 Å². The van der Waals surface area contributed by atoms with Crippen molar-refractivity contribution in [2.75, 3.05) is 13.7 Å². The van der Waals surface area contributed by atoms with Gasteiger partial charge in [0.15, 0.2) is 23.6 Å². The van der Waals surface area contributed by atoms with Gasteiger partial charge in [-0.3, -0.25) is 19.2 Å². The van der Waals surface area contributed by atoms with Crippen LogP contribution in [0.2, 0.25) is 0 Å². The molecule has 4 N–H and O–H groups in total. The Labute approximate surface area is 381 Å². The zero-order valence-electron chi connectivity index (χ0n) is 37.6. The molecule has 3 fully saturated rings. The number of hydrogen-bond acceptors (Lipinski definition) is 15. The van der Waals surface area contributed by atoms with Crippen LogP contribution >= 0.6 is 0 Å². The van der Waals surface area contributed by atoms with Gasteiger partial charge in [0.25, 0.3) is 5.91 Å². The molecule has 7 rings (SSSR count). The smallest absolute Gasteiger partial charge is 0.407 e. The molecule has 3 aromatic rings. The molecule has 4 aliphatic rings. The topological polar surface area (TPSA) is 239 Å². The van der Waals surface area contributed by atoms with Crippen LogP contribution in [-0.4, -0.2) is 113 Å². The Morgan fingerprint density at radius 3 is 1.94 bits per heavy atom. The molecule has 17 nitrogen and oxygen atoms in total. The highest BCUT2D eigenvalue weighted by Crippen LogP contribution is 2.65. The number of Topliss-reactive ketones (excluding diaryl/α,β-unsaturated/α-hetero) is 1. The number of benzene rings is 3. The molecule has 3 aliphatic carbocycles. The number of carbonyl (C=O) groups is 7. The third kappa shape index (κ3) is 8.13. The van der Waals surface area contributed by atoms with E-state index in [2.05, 4.69) is 10.6 Å². The molecule has 66 heavy (non-hydrogen) atoms. The van der Waals surface area contributed by atoms with Crippen LogP contribution in [0.5, 0.6) is 0 Å². The maximum Gasteiger partial charge on any atom is 0.407 e. The zero-order valence-corrected chi connectivity index (χ0v) is 37.6. The Morgan fingerprint density at radius 1 is 0.803 bits per heavy atom. The summed E-state index contributed by atoms with van der Waals surface area (Å²) in [5.74, 6) is -7.04.